The van der Waals surface area contributed by atoms with Gasteiger partial charge < -0.3 is 11.1 Å². The molecule has 3 N–H and O–H groups in total. The largest absolute Gasteiger partial charge is 0.323 e. The summed E-state index contributed by atoms with van der Waals surface area (Å²) < 4.78 is 0. The summed E-state index contributed by atoms with van der Waals surface area (Å²) in [5.41, 5.74) is 11.5. The van der Waals surface area contributed by atoms with Gasteiger partial charge in [-0.1, -0.05) is 24.3 Å². The van der Waals surface area contributed by atoms with Crippen molar-refractivity contribution in [1.82, 2.24) is 5.32 Å². The maximum absolute atomic E-state index is 6.22. The van der Waals surface area contributed by atoms with Gasteiger partial charge in [0.1, 0.15) is 0 Å². The molecule has 1 atom stereocenters. The summed E-state index contributed by atoms with van der Waals surface area (Å²) >= 11 is 1.82. The van der Waals surface area contributed by atoms with E-state index in [0.29, 0.717) is 0 Å². The summed E-state index contributed by atoms with van der Waals surface area (Å²) in [6.07, 6.45) is 0. The van der Waals surface area contributed by atoms with Crippen molar-refractivity contribution in [3.63, 3.8) is 0 Å². The molecule has 1 aromatic carbocycles. The SMILES string of the molecule is Cc1ccccc1-c1csc2c1C(N)CNC2. The van der Waals surface area contributed by atoms with Crippen molar-refractivity contribution in [3.8, 4) is 11.1 Å². The minimum Gasteiger partial charge on any atom is -0.323 e. The van der Waals surface area contributed by atoms with Gasteiger partial charge in [0.25, 0.3) is 0 Å². The van der Waals surface area contributed by atoms with Crippen molar-refractivity contribution in [3.05, 3.63) is 45.6 Å². The van der Waals surface area contributed by atoms with Gasteiger partial charge in [0.15, 0.2) is 0 Å². The van der Waals surface area contributed by atoms with Crippen LogP contribution in [-0.4, -0.2) is 6.54 Å². The zero-order valence-electron chi connectivity index (χ0n) is 9.86. The lowest BCUT2D eigenvalue weighted by atomic mass is 9.93. The van der Waals surface area contributed by atoms with Crippen LogP contribution in [0.2, 0.25) is 0 Å². The molecule has 1 unspecified atom stereocenters. The van der Waals surface area contributed by atoms with Crippen LogP contribution in [0, 0.1) is 6.92 Å². The molecule has 3 heteroatoms. The van der Waals surface area contributed by atoms with E-state index in [-0.39, 0.29) is 6.04 Å². The standard InChI is InChI=1S/C14H16N2S/c1-9-4-2-3-5-10(9)11-8-17-13-7-16-6-12(15)14(11)13/h2-5,8,12,16H,6-7,15H2,1H3. The molecule has 0 fully saturated rings. The van der Waals surface area contributed by atoms with E-state index >= 15 is 0 Å². The third kappa shape index (κ3) is 1.80. The fourth-order valence-electron chi connectivity index (χ4n) is 2.48. The number of aryl methyl sites for hydroxylation is 1. The van der Waals surface area contributed by atoms with E-state index in [1.165, 1.54) is 27.1 Å². The molecule has 0 radical (unpaired) electrons. The van der Waals surface area contributed by atoms with E-state index in [1.807, 2.05) is 11.3 Å². The minimum atomic E-state index is 0.125. The zero-order valence-corrected chi connectivity index (χ0v) is 10.7. The predicted molar refractivity (Wildman–Crippen MR) is 73.1 cm³/mol. The maximum Gasteiger partial charge on any atom is 0.0439 e. The average molecular weight is 244 g/mol. The molecule has 1 aliphatic rings. The Labute approximate surface area is 105 Å². The van der Waals surface area contributed by atoms with Gasteiger partial charge in [-0.15, -0.1) is 11.3 Å². The summed E-state index contributed by atoms with van der Waals surface area (Å²) in [7, 11) is 0. The highest BCUT2D eigenvalue weighted by atomic mass is 32.1. The number of benzene rings is 1. The first-order chi connectivity index (χ1) is 8.27. The Balaban J connectivity index is 2.17. The number of hydrogen-bond donors (Lipinski definition) is 2. The minimum absolute atomic E-state index is 0.125. The van der Waals surface area contributed by atoms with Crippen LogP contribution in [0.25, 0.3) is 11.1 Å². The number of rotatable bonds is 1. The first kappa shape index (κ1) is 11.0. The number of fused-ring (bicyclic) bond motifs is 1. The van der Waals surface area contributed by atoms with Crippen LogP contribution in [0.1, 0.15) is 22.0 Å². The molecule has 17 heavy (non-hydrogen) atoms. The van der Waals surface area contributed by atoms with Crippen molar-refractivity contribution in [2.75, 3.05) is 6.54 Å². The normalized spacial score (nSPS) is 19.1. The van der Waals surface area contributed by atoms with Crippen molar-refractivity contribution in [1.29, 1.82) is 0 Å². The van der Waals surface area contributed by atoms with E-state index in [9.17, 15) is 0 Å². The Morgan fingerprint density at radius 3 is 2.94 bits per heavy atom. The van der Waals surface area contributed by atoms with Gasteiger partial charge in [0.2, 0.25) is 0 Å². The molecule has 1 aromatic heterocycles. The molecule has 2 aromatic rings. The lowest BCUT2D eigenvalue weighted by molar-refractivity contribution is 0.564. The lowest BCUT2D eigenvalue weighted by Crippen LogP contribution is -2.32. The molecule has 2 nitrogen and oxygen atoms in total. The first-order valence-electron chi connectivity index (χ1n) is 5.90. The molecule has 88 valence electrons. The molecule has 0 saturated heterocycles. The van der Waals surface area contributed by atoms with Crippen molar-refractivity contribution in [2.24, 2.45) is 5.73 Å². The van der Waals surface area contributed by atoms with Crippen LogP contribution in [0.3, 0.4) is 0 Å². The third-order valence-electron chi connectivity index (χ3n) is 3.37. The van der Waals surface area contributed by atoms with Crippen LogP contribution in [0.5, 0.6) is 0 Å². The Hall–Kier alpha value is -1.16. The first-order valence-corrected chi connectivity index (χ1v) is 6.78. The van der Waals surface area contributed by atoms with E-state index in [4.69, 9.17) is 5.73 Å². The van der Waals surface area contributed by atoms with Crippen LogP contribution in [-0.2, 0) is 6.54 Å². The molecule has 1 aliphatic heterocycles. The van der Waals surface area contributed by atoms with Gasteiger partial charge in [-0.2, -0.15) is 0 Å². The summed E-state index contributed by atoms with van der Waals surface area (Å²) in [4.78, 5) is 1.39. The van der Waals surface area contributed by atoms with Gasteiger partial charge in [0.05, 0.1) is 0 Å². The number of nitrogens with one attached hydrogen (secondary N) is 1. The van der Waals surface area contributed by atoms with Crippen LogP contribution < -0.4 is 11.1 Å². The smallest absolute Gasteiger partial charge is 0.0439 e. The fourth-order valence-corrected chi connectivity index (χ4v) is 3.57. The number of hydrogen-bond acceptors (Lipinski definition) is 3. The predicted octanol–water partition coefficient (Wildman–Crippen LogP) is 2.83. The van der Waals surface area contributed by atoms with Crippen molar-refractivity contribution < 1.29 is 0 Å². The Kier molecular flexibility index (Phi) is 2.74. The highest BCUT2D eigenvalue weighted by Crippen LogP contribution is 2.37. The second-order valence-electron chi connectivity index (χ2n) is 4.54. The molecular weight excluding hydrogens is 228 g/mol. The molecule has 0 spiro atoms. The second-order valence-corrected chi connectivity index (χ2v) is 5.50. The molecule has 0 aliphatic carbocycles. The molecule has 0 saturated carbocycles. The zero-order chi connectivity index (χ0) is 11.8. The van der Waals surface area contributed by atoms with Gasteiger partial charge in [-0.3, -0.25) is 0 Å². The van der Waals surface area contributed by atoms with Crippen LogP contribution >= 0.6 is 11.3 Å². The van der Waals surface area contributed by atoms with E-state index in [2.05, 4.69) is 41.9 Å². The van der Waals surface area contributed by atoms with Crippen LogP contribution in [0.15, 0.2) is 29.6 Å². The highest BCUT2D eigenvalue weighted by molar-refractivity contribution is 7.10. The van der Waals surface area contributed by atoms with E-state index < -0.39 is 0 Å². The van der Waals surface area contributed by atoms with E-state index in [0.717, 1.165) is 13.1 Å². The Bertz CT molecular complexity index is 545. The van der Waals surface area contributed by atoms with Crippen molar-refractivity contribution in [2.45, 2.75) is 19.5 Å². The lowest BCUT2D eigenvalue weighted by Gasteiger charge is -2.22. The maximum atomic E-state index is 6.22. The van der Waals surface area contributed by atoms with E-state index in [1.54, 1.807) is 0 Å². The summed E-state index contributed by atoms with van der Waals surface area (Å²) in [5.74, 6) is 0. The summed E-state index contributed by atoms with van der Waals surface area (Å²) in [5, 5.41) is 5.61. The fraction of sp³-hybridized carbons (Fsp3) is 0.286. The number of thiophene rings is 1. The molecule has 0 amide bonds. The van der Waals surface area contributed by atoms with Crippen molar-refractivity contribution >= 4 is 11.3 Å². The molecule has 3 rings (SSSR count). The average Bonchev–Trinajstić information content (AvgIpc) is 2.75. The van der Waals surface area contributed by atoms with Gasteiger partial charge >= 0.3 is 0 Å². The Morgan fingerprint density at radius 2 is 2.12 bits per heavy atom. The molecule has 0 bridgehead atoms. The number of nitrogens with two attached hydrogens (primary N) is 1. The third-order valence-corrected chi connectivity index (χ3v) is 4.37. The van der Waals surface area contributed by atoms with Gasteiger partial charge in [0, 0.05) is 24.0 Å². The quantitative estimate of drug-likeness (QED) is 0.809. The summed E-state index contributed by atoms with van der Waals surface area (Å²) in [6, 6.07) is 8.65. The van der Waals surface area contributed by atoms with Gasteiger partial charge in [-0.05, 0) is 34.6 Å². The topological polar surface area (TPSA) is 38.0 Å². The van der Waals surface area contributed by atoms with Gasteiger partial charge in [-0.25, -0.2) is 0 Å². The molecular formula is C14H16N2S. The Morgan fingerprint density at radius 1 is 1.29 bits per heavy atom. The summed E-state index contributed by atoms with van der Waals surface area (Å²) in [6.45, 7) is 3.99. The highest BCUT2D eigenvalue weighted by Gasteiger charge is 2.22. The molecule has 2 heterocycles. The monoisotopic (exact) mass is 244 g/mol. The second kappa shape index (κ2) is 4.26. The van der Waals surface area contributed by atoms with Crippen LogP contribution in [0.4, 0.5) is 0 Å².